The van der Waals surface area contributed by atoms with Crippen molar-refractivity contribution in [3.05, 3.63) is 24.2 Å². The second-order valence-corrected chi connectivity index (χ2v) is 4.71. The molecule has 3 N–H and O–H groups in total. The Morgan fingerprint density at radius 2 is 2.05 bits per heavy atom. The zero-order valence-electron chi connectivity index (χ0n) is 11.3. The Bertz CT molecular complexity index is 501. The van der Waals surface area contributed by atoms with Gasteiger partial charge in [-0.15, -0.1) is 0 Å². The number of carbonyl (C=O) groups is 2. The highest BCUT2D eigenvalue weighted by atomic mass is 19.4. The zero-order valence-corrected chi connectivity index (χ0v) is 11.3. The lowest BCUT2D eigenvalue weighted by Crippen LogP contribution is -2.64. The molecule has 1 aromatic heterocycles. The number of carbonyl (C=O) groups excluding carboxylic acids is 1. The van der Waals surface area contributed by atoms with Crippen LogP contribution in [-0.4, -0.2) is 34.9 Å². The first-order valence-corrected chi connectivity index (χ1v) is 5.97. The van der Waals surface area contributed by atoms with E-state index in [0.717, 1.165) is 0 Å². The van der Waals surface area contributed by atoms with Crippen molar-refractivity contribution in [1.29, 1.82) is 0 Å². The second-order valence-electron chi connectivity index (χ2n) is 4.71. The first-order chi connectivity index (χ1) is 9.56. The van der Waals surface area contributed by atoms with Crippen LogP contribution in [-0.2, 0) is 11.2 Å². The number of aliphatic carboxylic acids is 1. The van der Waals surface area contributed by atoms with Gasteiger partial charge in [-0.25, -0.2) is 9.59 Å². The molecule has 0 saturated heterocycles. The SMILES string of the molecule is CC(Cc1ccco1)NC(=O)NC(C)(C(=O)O)C(F)(F)F. The topological polar surface area (TPSA) is 91.6 Å². The molecule has 0 spiro atoms. The molecule has 21 heavy (non-hydrogen) atoms. The summed E-state index contributed by atoms with van der Waals surface area (Å²) < 4.78 is 43.2. The van der Waals surface area contributed by atoms with E-state index in [-0.39, 0.29) is 6.42 Å². The van der Waals surface area contributed by atoms with E-state index in [2.05, 4.69) is 5.32 Å². The molecule has 1 heterocycles. The fourth-order valence-electron chi connectivity index (χ4n) is 1.51. The van der Waals surface area contributed by atoms with Crippen molar-refractivity contribution < 1.29 is 32.3 Å². The molecule has 0 saturated carbocycles. The summed E-state index contributed by atoms with van der Waals surface area (Å²) in [4.78, 5) is 22.3. The summed E-state index contributed by atoms with van der Waals surface area (Å²) in [5.41, 5.74) is -3.36. The molecule has 0 aliphatic heterocycles. The Labute approximate surface area is 118 Å². The van der Waals surface area contributed by atoms with E-state index < -0.39 is 29.8 Å². The number of alkyl halides is 3. The standard InChI is InChI=1S/C12H15F3N2O4/c1-7(6-8-4-3-5-21-8)16-10(20)17-11(2,9(18)19)12(13,14)15/h3-5,7H,6H2,1-2H3,(H,18,19)(H2,16,17,20). The number of halogens is 3. The molecule has 0 aliphatic carbocycles. The maximum Gasteiger partial charge on any atom is 0.422 e. The van der Waals surface area contributed by atoms with Gasteiger partial charge in [0.05, 0.1) is 6.26 Å². The smallest absolute Gasteiger partial charge is 0.422 e. The Morgan fingerprint density at radius 1 is 1.43 bits per heavy atom. The lowest BCUT2D eigenvalue weighted by Gasteiger charge is -2.29. The van der Waals surface area contributed by atoms with E-state index in [4.69, 9.17) is 9.52 Å². The quantitative estimate of drug-likeness (QED) is 0.775. The van der Waals surface area contributed by atoms with E-state index in [1.165, 1.54) is 11.6 Å². The molecule has 0 fully saturated rings. The Kier molecular flexibility index (Phi) is 4.87. The first-order valence-electron chi connectivity index (χ1n) is 5.97. The number of nitrogens with one attached hydrogen (secondary N) is 2. The molecule has 0 aliphatic rings. The molecular weight excluding hydrogens is 293 g/mol. The number of furan rings is 1. The van der Waals surface area contributed by atoms with Gasteiger partial charge in [-0.3, -0.25) is 0 Å². The third kappa shape index (κ3) is 4.14. The highest BCUT2D eigenvalue weighted by Gasteiger charge is 2.58. The summed E-state index contributed by atoms with van der Waals surface area (Å²) in [6.45, 7) is 1.93. The largest absolute Gasteiger partial charge is 0.479 e. The van der Waals surface area contributed by atoms with Crippen LogP contribution in [0.5, 0.6) is 0 Å². The van der Waals surface area contributed by atoms with Gasteiger partial charge in [-0.05, 0) is 26.0 Å². The average Bonchev–Trinajstić information content (AvgIpc) is 2.79. The molecule has 118 valence electrons. The van der Waals surface area contributed by atoms with Gasteiger partial charge >= 0.3 is 18.2 Å². The van der Waals surface area contributed by atoms with Crippen molar-refractivity contribution in [2.24, 2.45) is 0 Å². The predicted octanol–water partition coefficient (Wildman–Crippen LogP) is 1.92. The lowest BCUT2D eigenvalue weighted by atomic mass is 10.0. The number of hydrogen-bond acceptors (Lipinski definition) is 3. The van der Waals surface area contributed by atoms with Gasteiger partial charge in [0.25, 0.3) is 0 Å². The van der Waals surface area contributed by atoms with Crippen molar-refractivity contribution >= 4 is 12.0 Å². The normalized spacial score (nSPS) is 15.9. The van der Waals surface area contributed by atoms with Crippen LogP contribution in [0.15, 0.2) is 22.8 Å². The van der Waals surface area contributed by atoms with E-state index in [1.807, 2.05) is 0 Å². The Morgan fingerprint density at radius 3 is 2.48 bits per heavy atom. The van der Waals surface area contributed by atoms with Gasteiger partial charge in [-0.1, -0.05) is 0 Å². The molecule has 2 amide bonds. The fraction of sp³-hybridized carbons (Fsp3) is 0.500. The van der Waals surface area contributed by atoms with Crippen molar-refractivity contribution in [1.82, 2.24) is 10.6 Å². The van der Waals surface area contributed by atoms with Gasteiger partial charge < -0.3 is 20.2 Å². The maximum absolute atomic E-state index is 12.7. The number of rotatable bonds is 5. The molecule has 6 nitrogen and oxygen atoms in total. The van der Waals surface area contributed by atoms with Crippen molar-refractivity contribution in [2.45, 2.75) is 38.0 Å². The van der Waals surface area contributed by atoms with Crippen LogP contribution in [0, 0.1) is 0 Å². The maximum atomic E-state index is 12.7. The lowest BCUT2D eigenvalue weighted by molar-refractivity contribution is -0.203. The minimum absolute atomic E-state index is 0.260. The molecule has 0 bridgehead atoms. The fourth-order valence-corrected chi connectivity index (χ4v) is 1.51. The summed E-state index contributed by atoms with van der Waals surface area (Å²) in [5, 5.41) is 12.3. The monoisotopic (exact) mass is 308 g/mol. The molecule has 2 atom stereocenters. The zero-order chi connectivity index (χ0) is 16.3. The van der Waals surface area contributed by atoms with E-state index in [1.54, 1.807) is 19.1 Å². The van der Waals surface area contributed by atoms with Crippen molar-refractivity contribution in [3.8, 4) is 0 Å². The summed E-state index contributed by atoms with van der Waals surface area (Å²) in [5.74, 6) is -1.65. The molecule has 0 aromatic carbocycles. The molecule has 1 rings (SSSR count). The van der Waals surface area contributed by atoms with Gasteiger partial charge in [0.1, 0.15) is 5.76 Å². The Hall–Kier alpha value is -2.19. The van der Waals surface area contributed by atoms with E-state index in [0.29, 0.717) is 12.7 Å². The van der Waals surface area contributed by atoms with E-state index >= 15 is 0 Å². The highest BCUT2D eigenvalue weighted by molar-refractivity contribution is 5.86. The Balaban J connectivity index is 2.65. The average molecular weight is 308 g/mol. The third-order valence-electron chi connectivity index (χ3n) is 2.82. The third-order valence-corrected chi connectivity index (χ3v) is 2.82. The highest BCUT2D eigenvalue weighted by Crippen LogP contribution is 2.30. The minimum Gasteiger partial charge on any atom is -0.479 e. The van der Waals surface area contributed by atoms with Crippen LogP contribution < -0.4 is 10.6 Å². The van der Waals surface area contributed by atoms with Crippen LogP contribution in [0.4, 0.5) is 18.0 Å². The summed E-state index contributed by atoms with van der Waals surface area (Å²) in [6.07, 6.45) is -3.44. The number of urea groups is 1. The number of carboxylic acids is 1. The van der Waals surface area contributed by atoms with Crippen LogP contribution in [0.25, 0.3) is 0 Å². The van der Waals surface area contributed by atoms with Crippen LogP contribution in [0.1, 0.15) is 19.6 Å². The van der Waals surface area contributed by atoms with Crippen LogP contribution in [0.3, 0.4) is 0 Å². The van der Waals surface area contributed by atoms with Gasteiger partial charge in [0.15, 0.2) is 0 Å². The predicted molar refractivity (Wildman–Crippen MR) is 65.6 cm³/mol. The van der Waals surface area contributed by atoms with Gasteiger partial charge in [0, 0.05) is 12.5 Å². The minimum atomic E-state index is -5.12. The second kappa shape index (κ2) is 6.06. The first kappa shape index (κ1) is 16.9. The number of amides is 2. The summed E-state index contributed by atoms with van der Waals surface area (Å²) in [6, 6.07) is 1.51. The molecule has 9 heteroatoms. The molecular formula is C12H15F3N2O4. The van der Waals surface area contributed by atoms with Crippen molar-refractivity contribution in [2.75, 3.05) is 0 Å². The van der Waals surface area contributed by atoms with Crippen LogP contribution in [0.2, 0.25) is 0 Å². The summed E-state index contributed by atoms with van der Waals surface area (Å²) in [7, 11) is 0. The summed E-state index contributed by atoms with van der Waals surface area (Å²) >= 11 is 0. The molecule has 0 radical (unpaired) electrons. The van der Waals surface area contributed by atoms with Gasteiger partial charge in [0.2, 0.25) is 5.54 Å². The molecule has 2 unspecified atom stereocenters. The molecule has 1 aromatic rings. The van der Waals surface area contributed by atoms with E-state index in [9.17, 15) is 22.8 Å². The number of hydrogen-bond donors (Lipinski definition) is 3. The number of carboxylic acid groups (broad SMARTS) is 1. The van der Waals surface area contributed by atoms with Crippen LogP contribution >= 0.6 is 0 Å². The van der Waals surface area contributed by atoms with Gasteiger partial charge in [-0.2, -0.15) is 13.2 Å². The van der Waals surface area contributed by atoms with Crippen molar-refractivity contribution in [3.63, 3.8) is 0 Å².